The van der Waals surface area contributed by atoms with Crippen molar-refractivity contribution < 1.29 is 5.11 Å². The second-order valence-corrected chi connectivity index (χ2v) is 5.36. The minimum absolute atomic E-state index is 0.367. The summed E-state index contributed by atoms with van der Waals surface area (Å²) in [5.74, 6) is 0. The van der Waals surface area contributed by atoms with Gasteiger partial charge in [-0.1, -0.05) is 19.3 Å². The van der Waals surface area contributed by atoms with E-state index in [9.17, 15) is 5.11 Å². The number of β-amino-alcohol motifs (C(OH)–C–C–N with tert-alkyl or cyclic N) is 1. The van der Waals surface area contributed by atoms with Crippen LogP contribution in [0.1, 0.15) is 32.1 Å². The first kappa shape index (κ1) is 11.4. The Labute approximate surface area is 93.1 Å². The van der Waals surface area contributed by atoms with Crippen LogP contribution in [0.15, 0.2) is 0 Å². The molecule has 0 bridgehead atoms. The highest BCUT2D eigenvalue weighted by atomic mass is 16.3. The lowest BCUT2D eigenvalue weighted by molar-refractivity contribution is -0.0340. The van der Waals surface area contributed by atoms with Gasteiger partial charge in [-0.2, -0.15) is 0 Å². The minimum Gasteiger partial charge on any atom is -0.389 e. The summed E-state index contributed by atoms with van der Waals surface area (Å²) in [4.78, 5) is 4.80. The van der Waals surface area contributed by atoms with Crippen molar-refractivity contribution in [2.75, 3.05) is 39.8 Å². The fourth-order valence-corrected chi connectivity index (χ4v) is 2.79. The molecule has 1 saturated heterocycles. The van der Waals surface area contributed by atoms with E-state index in [1.807, 2.05) is 0 Å². The first-order valence-corrected chi connectivity index (χ1v) is 6.31. The number of aliphatic hydroxyl groups is 1. The van der Waals surface area contributed by atoms with Crippen LogP contribution < -0.4 is 0 Å². The monoisotopic (exact) mass is 212 g/mol. The molecule has 1 N–H and O–H groups in total. The summed E-state index contributed by atoms with van der Waals surface area (Å²) >= 11 is 0. The molecule has 0 atom stereocenters. The molecule has 3 nitrogen and oxygen atoms in total. The van der Waals surface area contributed by atoms with E-state index in [1.165, 1.54) is 19.3 Å². The highest BCUT2D eigenvalue weighted by Crippen LogP contribution is 2.28. The Morgan fingerprint density at radius 1 is 1.00 bits per heavy atom. The Morgan fingerprint density at radius 3 is 2.20 bits per heavy atom. The summed E-state index contributed by atoms with van der Waals surface area (Å²) in [6, 6.07) is 0. The lowest BCUT2D eigenvalue weighted by atomic mass is 9.84. The molecule has 2 rings (SSSR count). The molecule has 0 aromatic rings. The Morgan fingerprint density at radius 2 is 1.60 bits per heavy atom. The van der Waals surface area contributed by atoms with Crippen LogP contribution in [0.2, 0.25) is 0 Å². The van der Waals surface area contributed by atoms with E-state index in [0.29, 0.717) is 0 Å². The number of rotatable bonds is 2. The number of hydrogen-bond acceptors (Lipinski definition) is 3. The van der Waals surface area contributed by atoms with Gasteiger partial charge in [0.15, 0.2) is 0 Å². The van der Waals surface area contributed by atoms with Crippen molar-refractivity contribution in [1.29, 1.82) is 0 Å². The quantitative estimate of drug-likeness (QED) is 0.737. The van der Waals surface area contributed by atoms with Crippen LogP contribution in [0, 0.1) is 0 Å². The van der Waals surface area contributed by atoms with Crippen LogP contribution in [0.25, 0.3) is 0 Å². The second-order valence-electron chi connectivity index (χ2n) is 5.36. The molecule has 1 aliphatic carbocycles. The number of likely N-dealkylation sites (N-methyl/N-ethyl adjacent to an activating group) is 1. The van der Waals surface area contributed by atoms with Crippen LogP contribution in [-0.2, 0) is 0 Å². The third-order valence-corrected chi connectivity index (χ3v) is 3.90. The van der Waals surface area contributed by atoms with Gasteiger partial charge in [0.25, 0.3) is 0 Å². The molecular formula is C12H24N2O. The van der Waals surface area contributed by atoms with Gasteiger partial charge in [-0.05, 0) is 19.9 Å². The zero-order valence-electron chi connectivity index (χ0n) is 9.91. The zero-order chi connectivity index (χ0) is 10.7. The SMILES string of the molecule is CN1CCN(CC2(O)CCCCC2)CC1. The van der Waals surface area contributed by atoms with Gasteiger partial charge in [0, 0.05) is 32.7 Å². The first-order valence-electron chi connectivity index (χ1n) is 6.31. The third-order valence-electron chi connectivity index (χ3n) is 3.90. The van der Waals surface area contributed by atoms with E-state index in [4.69, 9.17) is 0 Å². The average molecular weight is 212 g/mol. The van der Waals surface area contributed by atoms with Crippen LogP contribution in [0.3, 0.4) is 0 Å². The lowest BCUT2D eigenvalue weighted by Crippen LogP contribution is -2.51. The van der Waals surface area contributed by atoms with Crippen molar-refractivity contribution in [1.82, 2.24) is 9.80 Å². The van der Waals surface area contributed by atoms with Gasteiger partial charge < -0.3 is 10.0 Å². The van der Waals surface area contributed by atoms with Gasteiger partial charge in [-0.3, -0.25) is 4.90 Å². The highest BCUT2D eigenvalue weighted by molar-refractivity contribution is 4.86. The molecule has 1 saturated carbocycles. The van der Waals surface area contributed by atoms with E-state index in [1.54, 1.807) is 0 Å². The fourth-order valence-electron chi connectivity index (χ4n) is 2.79. The molecule has 0 aromatic heterocycles. The number of piperazine rings is 1. The predicted molar refractivity (Wildman–Crippen MR) is 62.0 cm³/mol. The lowest BCUT2D eigenvalue weighted by Gasteiger charge is -2.40. The molecule has 88 valence electrons. The molecule has 2 fully saturated rings. The average Bonchev–Trinajstić information content (AvgIpc) is 2.22. The van der Waals surface area contributed by atoms with Crippen molar-refractivity contribution in [3.05, 3.63) is 0 Å². The van der Waals surface area contributed by atoms with Crippen molar-refractivity contribution in [2.24, 2.45) is 0 Å². The molecule has 15 heavy (non-hydrogen) atoms. The molecular weight excluding hydrogens is 188 g/mol. The molecule has 0 amide bonds. The van der Waals surface area contributed by atoms with E-state index in [0.717, 1.165) is 45.6 Å². The molecule has 0 unspecified atom stereocenters. The highest BCUT2D eigenvalue weighted by Gasteiger charge is 2.31. The summed E-state index contributed by atoms with van der Waals surface area (Å²) in [5, 5.41) is 10.4. The molecule has 3 heteroatoms. The van der Waals surface area contributed by atoms with E-state index in [2.05, 4.69) is 16.8 Å². The Balaban J connectivity index is 1.80. The van der Waals surface area contributed by atoms with Crippen molar-refractivity contribution in [3.63, 3.8) is 0 Å². The van der Waals surface area contributed by atoms with Crippen LogP contribution in [0.4, 0.5) is 0 Å². The maximum atomic E-state index is 10.4. The summed E-state index contributed by atoms with van der Waals surface area (Å²) < 4.78 is 0. The minimum atomic E-state index is -0.367. The summed E-state index contributed by atoms with van der Waals surface area (Å²) in [7, 11) is 2.17. The van der Waals surface area contributed by atoms with Crippen LogP contribution >= 0.6 is 0 Å². The predicted octanol–water partition coefficient (Wildman–Crippen LogP) is 0.929. The Kier molecular flexibility index (Phi) is 3.65. The smallest absolute Gasteiger partial charge is 0.0774 e. The molecule has 0 aromatic carbocycles. The van der Waals surface area contributed by atoms with Gasteiger partial charge >= 0.3 is 0 Å². The molecule has 1 aliphatic heterocycles. The molecule has 0 spiro atoms. The largest absolute Gasteiger partial charge is 0.389 e. The normalized spacial score (nSPS) is 29.2. The van der Waals surface area contributed by atoms with Gasteiger partial charge in [0.05, 0.1) is 5.60 Å². The number of hydrogen-bond donors (Lipinski definition) is 1. The topological polar surface area (TPSA) is 26.7 Å². The zero-order valence-corrected chi connectivity index (χ0v) is 9.91. The third kappa shape index (κ3) is 3.16. The van der Waals surface area contributed by atoms with Gasteiger partial charge in [0.2, 0.25) is 0 Å². The molecule has 1 heterocycles. The van der Waals surface area contributed by atoms with E-state index >= 15 is 0 Å². The summed E-state index contributed by atoms with van der Waals surface area (Å²) in [6.07, 6.45) is 5.76. The summed E-state index contributed by atoms with van der Waals surface area (Å²) in [5.41, 5.74) is -0.367. The van der Waals surface area contributed by atoms with Crippen molar-refractivity contribution in [2.45, 2.75) is 37.7 Å². The van der Waals surface area contributed by atoms with Gasteiger partial charge in [-0.15, -0.1) is 0 Å². The van der Waals surface area contributed by atoms with Crippen molar-refractivity contribution >= 4 is 0 Å². The number of nitrogens with zero attached hydrogens (tertiary/aromatic N) is 2. The maximum absolute atomic E-state index is 10.4. The maximum Gasteiger partial charge on any atom is 0.0774 e. The molecule has 0 radical (unpaired) electrons. The fraction of sp³-hybridized carbons (Fsp3) is 1.00. The van der Waals surface area contributed by atoms with Crippen molar-refractivity contribution in [3.8, 4) is 0 Å². The van der Waals surface area contributed by atoms with Crippen LogP contribution in [0.5, 0.6) is 0 Å². The van der Waals surface area contributed by atoms with E-state index in [-0.39, 0.29) is 5.60 Å². The van der Waals surface area contributed by atoms with E-state index < -0.39 is 0 Å². The second kappa shape index (κ2) is 4.81. The first-order chi connectivity index (χ1) is 7.18. The van der Waals surface area contributed by atoms with Gasteiger partial charge in [0.1, 0.15) is 0 Å². The Hall–Kier alpha value is -0.120. The molecule has 2 aliphatic rings. The summed E-state index contributed by atoms with van der Waals surface area (Å²) in [6.45, 7) is 5.45. The van der Waals surface area contributed by atoms with Gasteiger partial charge in [-0.25, -0.2) is 0 Å². The van der Waals surface area contributed by atoms with Crippen LogP contribution in [-0.4, -0.2) is 60.3 Å². The Bertz CT molecular complexity index is 194. The standard InChI is InChI=1S/C12H24N2O/c1-13-7-9-14(10-8-13)11-12(15)5-3-2-4-6-12/h15H,2-11H2,1H3.